The zero-order valence-corrected chi connectivity index (χ0v) is 22.1. The number of benzene rings is 1. The highest BCUT2D eigenvalue weighted by Gasteiger charge is 2.33. The minimum absolute atomic E-state index is 0.0442. The van der Waals surface area contributed by atoms with E-state index in [0.29, 0.717) is 39.0 Å². The molecule has 8 heteroatoms. The maximum Gasteiger partial charge on any atom is 0.309 e. The molecule has 1 aromatic carbocycles. The molecule has 33 heavy (non-hydrogen) atoms. The van der Waals surface area contributed by atoms with E-state index in [1.165, 1.54) is 12.0 Å². The van der Waals surface area contributed by atoms with E-state index in [1.54, 1.807) is 6.20 Å². The van der Waals surface area contributed by atoms with Crippen molar-refractivity contribution in [2.24, 2.45) is 5.41 Å². The maximum absolute atomic E-state index is 13.1. The lowest BCUT2D eigenvalue weighted by atomic mass is 9.75. The summed E-state index contributed by atoms with van der Waals surface area (Å²) in [4.78, 5) is 24.9. The van der Waals surface area contributed by atoms with Crippen molar-refractivity contribution in [1.82, 2.24) is 4.57 Å². The van der Waals surface area contributed by atoms with Gasteiger partial charge in [0.15, 0.2) is 11.7 Å². The van der Waals surface area contributed by atoms with Crippen LogP contribution in [0.3, 0.4) is 0 Å². The van der Waals surface area contributed by atoms with Gasteiger partial charge in [0, 0.05) is 24.4 Å². The van der Waals surface area contributed by atoms with Gasteiger partial charge in [-0.1, -0.05) is 33.8 Å². The Hall–Kier alpha value is -1.61. The van der Waals surface area contributed by atoms with Crippen molar-refractivity contribution in [1.29, 1.82) is 0 Å². The van der Waals surface area contributed by atoms with Gasteiger partial charge in [0.1, 0.15) is 0 Å². The van der Waals surface area contributed by atoms with Crippen LogP contribution in [0.4, 0.5) is 0 Å². The van der Waals surface area contributed by atoms with Crippen LogP contribution in [0.2, 0.25) is 0 Å². The number of ether oxygens (including phenoxy) is 1. The summed E-state index contributed by atoms with van der Waals surface area (Å²) in [6.45, 7) is 16.0. The molecular formula is C25H38BNO5S. The van der Waals surface area contributed by atoms with Crippen LogP contribution in [0.25, 0.3) is 10.9 Å². The second-order valence-electron chi connectivity index (χ2n) is 9.74. The number of hydrogen-bond acceptors (Lipinski definition) is 6. The number of carbonyl (C=O) groups excluding carboxylic acids is 1. The van der Waals surface area contributed by atoms with Crippen LogP contribution in [0, 0.1) is 5.41 Å². The Bertz CT molecular complexity index is 1000. The second-order valence-corrected chi connectivity index (χ2v) is 10.3. The third-order valence-electron chi connectivity index (χ3n) is 6.57. The van der Waals surface area contributed by atoms with Gasteiger partial charge in [-0.2, -0.15) is 0 Å². The monoisotopic (exact) mass is 475 g/mol. The van der Waals surface area contributed by atoms with Crippen LogP contribution in [-0.4, -0.2) is 50.0 Å². The fourth-order valence-electron chi connectivity index (χ4n) is 3.44. The van der Waals surface area contributed by atoms with Crippen molar-refractivity contribution in [3.05, 3.63) is 39.7 Å². The summed E-state index contributed by atoms with van der Waals surface area (Å²) in [5, 5.41) is 0.509. The zero-order valence-electron chi connectivity index (χ0n) is 21.3. The van der Waals surface area contributed by atoms with Crippen molar-refractivity contribution in [2.45, 2.75) is 66.5 Å². The highest BCUT2D eigenvalue weighted by Crippen LogP contribution is 2.32. The molecule has 0 unspecified atom stereocenters. The van der Waals surface area contributed by atoms with Crippen LogP contribution in [0.15, 0.2) is 23.1 Å². The van der Waals surface area contributed by atoms with E-state index in [1.807, 2.05) is 29.9 Å². The topological polar surface area (TPSA) is 66.8 Å². The smallest absolute Gasteiger partial charge is 0.309 e. The number of rotatable bonds is 12. The van der Waals surface area contributed by atoms with E-state index >= 15 is 0 Å². The molecule has 0 saturated heterocycles. The SMILES string of the molecule is CCOC[C@@H](COSC)n1cc(C=O)c(=O)c2cc(BOC(C)(C)C(C)(C)C)c(CC)cc21. The number of carbonyl (C=O) groups is 1. The molecule has 2 aromatic rings. The molecule has 1 heterocycles. The number of aldehydes is 1. The number of aryl methyl sites for hydroxylation is 1. The quantitative estimate of drug-likeness (QED) is 0.262. The Kier molecular flexibility index (Phi) is 9.79. The molecule has 0 aliphatic heterocycles. The molecule has 0 amide bonds. The molecule has 1 atom stereocenters. The van der Waals surface area contributed by atoms with Gasteiger partial charge >= 0.3 is 7.48 Å². The minimum atomic E-state index is -0.352. The van der Waals surface area contributed by atoms with Gasteiger partial charge < -0.3 is 18.1 Å². The maximum atomic E-state index is 13.1. The summed E-state index contributed by atoms with van der Waals surface area (Å²) in [6, 6.07) is 3.77. The lowest BCUT2D eigenvalue weighted by molar-refractivity contribution is 0.00502. The average Bonchev–Trinajstić information content (AvgIpc) is 2.77. The van der Waals surface area contributed by atoms with E-state index < -0.39 is 0 Å². The summed E-state index contributed by atoms with van der Waals surface area (Å²) in [5.41, 5.74) is 2.31. The Morgan fingerprint density at radius 3 is 2.39 bits per heavy atom. The molecule has 182 valence electrons. The molecule has 2 rings (SSSR count). The van der Waals surface area contributed by atoms with Crippen molar-refractivity contribution < 1.29 is 18.4 Å². The van der Waals surface area contributed by atoms with Crippen LogP contribution < -0.4 is 10.9 Å². The van der Waals surface area contributed by atoms with Crippen LogP contribution in [0.5, 0.6) is 0 Å². The molecule has 1 aromatic heterocycles. The van der Waals surface area contributed by atoms with E-state index in [9.17, 15) is 9.59 Å². The fourth-order valence-corrected chi connectivity index (χ4v) is 3.73. The van der Waals surface area contributed by atoms with Crippen molar-refractivity contribution >= 4 is 42.2 Å². The molecule has 0 bridgehead atoms. The lowest BCUT2D eigenvalue weighted by Crippen LogP contribution is -2.43. The Morgan fingerprint density at radius 1 is 1.15 bits per heavy atom. The molecular weight excluding hydrogens is 437 g/mol. The average molecular weight is 475 g/mol. The molecule has 0 fully saturated rings. The van der Waals surface area contributed by atoms with Crippen molar-refractivity contribution in [3.8, 4) is 0 Å². The summed E-state index contributed by atoms with van der Waals surface area (Å²) in [6.07, 6.45) is 4.91. The molecule has 0 aliphatic carbocycles. The fraction of sp³-hybridized carbons (Fsp3) is 0.600. The minimum Gasteiger partial charge on any atom is -0.429 e. The largest absolute Gasteiger partial charge is 0.429 e. The number of hydrogen-bond donors (Lipinski definition) is 0. The number of aromatic nitrogens is 1. The first-order valence-corrected chi connectivity index (χ1v) is 12.7. The van der Waals surface area contributed by atoms with Gasteiger partial charge in [0.2, 0.25) is 0 Å². The van der Waals surface area contributed by atoms with Crippen molar-refractivity contribution in [2.75, 3.05) is 26.1 Å². The van der Waals surface area contributed by atoms with E-state index in [4.69, 9.17) is 13.6 Å². The molecule has 0 saturated carbocycles. The Morgan fingerprint density at radius 2 is 1.85 bits per heavy atom. The van der Waals surface area contributed by atoms with Gasteiger partial charge in [0.25, 0.3) is 0 Å². The predicted molar refractivity (Wildman–Crippen MR) is 139 cm³/mol. The molecule has 6 nitrogen and oxygen atoms in total. The van der Waals surface area contributed by atoms with E-state index in [-0.39, 0.29) is 28.1 Å². The first-order valence-electron chi connectivity index (χ1n) is 11.5. The first kappa shape index (κ1) is 27.6. The highest BCUT2D eigenvalue weighted by atomic mass is 32.2. The standard InChI is InChI=1S/C25H38BNO5S/c1-9-17-11-22-20(12-21(17)26-32-25(6,7)24(3,4)5)23(29)18(14-28)13-27(22)19(15-30-10-2)16-31-33-8/h11-14,19,26H,9-10,15-16H2,1-8H3/t19-/m0/s1. The predicted octanol–water partition coefficient (Wildman–Crippen LogP) is 4.07. The summed E-state index contributed by atoms with van der Waals surface area (Å²) in [7, 11) is 0.395. The van der Waals surface area contributed by atoms with Gasteiger partial charge in [-0.3, -0.25) is 9.59 Å². The van der Waals surface area contributed by atoms with E-state index in [0.717, 1.165) is 23.0 Å². The van der Waals surface area contributed by atoms with Crippen LogP contribution in [0.1, 0.15) is 70.4 Å². The highest BCUT2D eigenvalue weighted by molar-refractivity contribution is 7.93. The summed E-state index contributed by atoms with van der Waals surface area (Å²) >= 11 is 1.28. The van der Waals surface area contributed by atoms with Crippen molar-refractivity contribution in [3.63, 3.8) is 0 Å². The third kappa shape index (κ3) is 6.50. The van der Waals surface area contributed by atoms with Gasteiger partial charge in [-0.05, 0) is 61.7 Å². The number of fused-ring (bicyclic) bond motifs is 1. The number of nitrogens with zero attached hydrogens (tertiary/aromatic N) is 1. The van der Waals surface area contributed by atoms with E-state index in [2.05, 4.69) is 41.5 Å². The third-order valence-corrected chi connectivity index (χ3v) is 6.94. The van der Waals surface area contributed by atoms with Gasteiger partial charge in [0.05, 0.1) is 35.9 Å². The Balaban J connectivity index is 2.65. The van der Waals surface area contributed by atoms with Crippen LogP contribution in [-0.2, 0) is 20.0 Å². The zero-order chi connectivity index (χ0) is 24.8. The second kappa shape index (κ2) is 11.7. The molecule has 0 aliphatic rings. The lowest BCUT2D eigenvalue weighted by Gasteiger charge is -2.39. The first-order chi connectivity index (χ1) is 15.5. The van der Waals surface area contributed by atoms with Crippen LogP contribution >= 0.6 is 12.0 Å². The Labute approximate surface area is 202 Å². The summed E-state index contributed by atoms with van der Waals surface area (Å²) < 4.78 is 19.6. The summed E-state index contributed by atoms with van der Waals surface area (Å²) in [5.74, 6) is 0. The van der Waals surface area contributed by atoms with Gasteiger partial charge in [-0.15, -0.1) is 0 Å². The molecule has 0 spiro atoms. The molecule has 0 N–H and O–H groups in total. The normalized spacial score (nSPS) is 13.3. The number of pyridine rings is 1. The molecule has 0 radical (unpaired) electrons. The van der Waals surface area contributed by atoms with Gasteiger partial charge in [-0.25, -0.2) is 0 Å².